The van der Waals surface area contributed by atoms with Gasteiger partial charge in [0.25, 0.3) is 0 Å². The van der Waals surface area contributed by atoms with Gasteiger partial charge in [0.15, 0.2) is 0 Å². The van der Waals surface area contributed by atoms with Gasteiger partial charge in [-0.3, -0.25) is 0 Å². The van der Waals surface area contributed by atoms with Gasteiger partial charge in [-0.2, -0.15) is 0 Å². The molecular weight excluding hydrogens is 268 g/mol. The molecule has 3 rings (SSSR count). The Morgan fingerprint density at radius 2 is 1.64 bits per heavy atom. The molecule has 1 aliphatic rings. The van der Waals surface area contributed by atoms with Crippen molar-refractivity contribution in [2.45, 2.75) is 58.3 Å². The molecule has 0 atom stereocenters. The minimum atomic E-state index is 0.767. The number of benzene rings is 2. The smallest absolute Gasteiger partial charge is 0.119 e. The maximum atomic E-state index is 5.73. The molecule has 22 heavy (non-hydrogen) atoms. The van der Waals surface area contributed by atoms with Gasteiger partial charge in [-0.05, 0) is 72.4 Å². The van der Waals surface area contributed by atoms with E-state index < -0.39 is 0 Å². The van der Waals surface area contributed by atoms with E-state index in [1.807, 2.05) is 0 Å². The van der Waals surface area contributed by atoms with E-state index in [1.54, 1.807) is 0 Å². The van der Waals surface area contributed by atoms with Gasteiger partial charge < -0.3 is 4.74 Å². The van der Waals surface area contributed by atoms with E-state index in [4.69, 9.17) is 4.74 Å². The Balaban J connectivity index is 1.76. The fourth-order valence-corrected chi connectivity index (χ4v) is 3.71. The summed E-state index contributed by atoms with van der Waals surface area (Å²) in [6, 6.07) is 13.5. The molecule has 1 fully saturated rings. The molecule has 1 heteroatoms. The molecule has 2 aromatic carbocycles. The number of ether oxygens (including phenoxy) is 1. The molecule has 1 aliphatic carbocycles. The zero-order chi connectivity index (χ0) is 15.4. The summed E-state index contributed by atoms with van der Waals surface area (Å²) < 4.78 is 5.73. The van der Waals surface area contributed by atoms with Gasteiger partial charge in [0.1, 0.15) is 5.75 Å². The molecule has 1 saturated carbocycles. The Bertz CT molecular complexity index is 608. The standard InChI is InChI=1S/C21H28O/c1-3-13-22-21-12-11-19-14-18(9-10-20(19)15-21)17-7-5-16(4-2)6-8-17/h9-12,14-17H,3-8,13H2,1-2H3/t16-,17-. The molecule has 0 spiro atoms. The predicted molar refractivity (Wildman–Crippen MR) is 94.7 cm³/mol. The Labute approximate surface area is 134 Å². The summed E-state index contributed by atoms with van der Waals surface area (Å²) in [6.07, 6.45) is 7.94. The second-order valence-electron chi connectivity index (χ2n) is 6.74. The topological polar surface area (TPSA) is 9.23 Å². The molecule has 0 amide bonds. The van der Waals surface area contributed by atoms with Crippen LogP contribution in [-0.4, -0.2) is 6.61 Å². The first-order chi connectivity index (χ1) is 10.8. The van der Waals surface area contributed by atoms with E-state index >= 15 is 0 Å². The van der Waals surface area contributed by atoms with Crippen molar-refractivity contribution in [3.8, 4) is 5.75 Å². The fraction of sp³-hybridized carbons (Fsp3) is 0.524. The summed E-state index contributed by atoms with van der Waals surface area (Å²) in [7, 11) is 0. The van der Waals surface area contributed by atoms with E-state index in [0.717, 1.165) is 30.6 Å². The minimum Gasteiger partial charge on any atom is -0.494 e. The van der Waals surface area contributed by atoms with Gasteiger partial charge in [-0.15, -0.1) is 0 Å². The summed E-state index contributed by atoms with van der Waals surface area (Å²) in [5.74, 6) is 2.73. The molecule has 0 saturated heterocycles. The zero-order valence-electron chi connectivity index (χ0n) is 14.0. The maximum Gasteiger partial charge on any atom is 0.119 e. The highest BCUT2D eigenvalue weighted by Gasteiger charge is 2.21. The average molecular weight is 296 g/mol. The zero-order valence-corrected chi connectivity index (χ0v) is 14.0. The summed E-state index contributed by atoms with van der Waals surface area (Å²) in [5, 5.41) is 2.64. The second-order valence-corrected chi connectivity index (χ2v) is 6.74. The van der Waals surface area contributed by atoms with Crippen molar-refractivity contribution in [2.75, 3.05) is 6.61 Å². The van der Waals surface area contributed by atoms with E-state index in [2.05, 4.69) is 50.2 Å². The molecule has 0 unspecified atom stereocenters. The van der Waals surface area contributed by atoms with Crippen molar-refractivity contribution < 1.29 is 4.74 Å². The van der Waals surface area contributed by atoms with Crippen LogP contribution in [0.1, 0.15) is 63.9 Å². The third kappa shape index (κ3) is 3.45. The molecule has 0 aromatic heterocycles. The van der Waals surface area contributed by atoms with E-state index in [-0.39, 0.29) is 0 Å². The largest absolute Gasteiger partial charge is 0.494 e. The van der Waals surface area contributed by atoms with Crippen molar-refractivity contribution >= 4 is 10.8 Å². The van der Waals surface area contributed by atoms with Crippen molar-refractivity contribution in [3.63, 3.8) is 0 Å². The molecule has 0 bridgehead atoms. The molecule has 0 heterocycles. The quantitative estimate of drug-likeness (QED) is 0.628. The monoisotopic (exact) mass is 296 g/mol. The first-order valence-corrected chi connectivity index (χ1v) is 8.96. The Hall–Kier alpha value is -1.50. The fourth-order valence-electron chi connectivity index (χ4n) is 3.71. The van der Waals surface area contributed by atoms with E-state index in [9.17, 15) is 0 Å². The normalized spacial score (nSPS) is 21.9. The van der Waals surface area contributed by atoms with Gasteiger partial charge in [-0.1, -0.05) is 44.5 Å². The molecule has 0 N–H and O–H groups in total. The van der Waals surface area contributed by atoms with Crippen LogP contribution < -0.4 is 4.74 Å². The van der Waals surface area contributed by atoms with Crippen LogP contribution in [0.15, 0.2) is 36.4 Å². The van der Waals surface area contributed by atoms with Gasteiger partial charge in [0.2, 0.25) is 0 Å². The molecule has 2 aromatic rings. The van der Waals surface area contributed by atoms with E-state index in [1.165, 1.54) is 48.4 Å². The molecule has 0 radical (unpaired) electrons. The lowest BCUT2D eigenvalue weighted by molar-refractivity contribution is 0.317. The maximum absolute atomic E-state index is 5.73. The van der Waals surface area contributed by atoms with Crippen LogP contribution in [0.3, 0.4) is 0 Å². The van der Waals surface area contributed by atoms with Crippen LogP contribution in [0.5, 0.6) is 5.75 Å². The van der Waals surface area contributed by atoms with Crippen molar-refractivity contribution in [2.24, 2.45) is 5.92 Å². The number of fused-ring (bicyclic) bond motifs is 1. The van der Waals surface area contributed by atoms with Crippen molar-refractivity contribution in [1.82, 2.24) is 0 Å². The van der Waals surface area contributed by atoms with E-state index in [0.29, 0.717) is 0 Å². The predicted octanol–water partition coefficient (Wildman–Crippen LogP) is 6.31. The first-order valence-electron chi connectivity index (χ1n) is 8.96. The van der Waals surface area contributed by atoms with Crippen LogP contribution >= 0.6 is 0 Å². The third-order valence-corrected chi connectivity index (χ3v) is 5.20. The van der Waals surface area contributed by atoms with Crippen LogP contribution in [0.25, 0.3) is 10.8 Å². The first kappa shape index (κ1) is 15.4. The van der Waals surface area contributed by atoms with Crippen molar-refractivity contribution in [3.05, 3.63) is 42.0 Å². The highest BCUT2D eigenvalue weighted by molar-refractivity contribution is 5.84. The van der Waals surface area contributed by atoms with Crippen LogP contribution in [-0.2, 0) is 0 Å². The van der Waals surface area contributed by atoms with Crippen molar-refractivity contribution in [1.29, 1.82) is 0 Å². The summed E-state index contributed by atoms with van der Waals surface area (Å²) >= 11 is 0. The van der Waals surface area contributed by atoms with Gasteiger partial charge in [0, 0.05) is 0 Å². The summed E-state index contributed by atoms with van der Waals surface area (Å²) in [5.41, 5.74) is 1.53. The van der Waals surface area contributed by atoms with Crippen LogP contribution in [0, 0.1) is 5.92 Å². The molecule has 1 nitrogen and oxygen atoms in total. The molecule has 0 aliphatic heterocycles. The van der Waals surface area contributed by atoms with Crippen LogP contribution in [0.4, 0.5) is 0 Å². The van der Waals surface area contributed by atoms with Gasteiger partial charge >= 0.3 is 0 Å². The average Bonchev–Trinajstić information content (AvgIpc) is 2.59. The van der Waals surface area contributed by atoms with Gasteiger partial charge in [-0.25, -0.2) is 0 Å². The number of hydrogen-bond acceptors (Lipinski definition) is 1. The summed E-state index contributed by atoms with van der Waals surface area (Å²) in [4.78, 5) is 0. The minimum absolute atomic E-state index is 0.767. The lowest BCUT2D eigenvalue weighted by Crippen LogP contribution is -2.12. The highest BCUT2D eigenvalue weighted by atomic mass is 16.5. The van der Waals surface area contributed by atoms with Gasteiger partial charge in [0.05, 0.1) is 6.61 Å². The Morgan fingerprint density at radius 1 is 0.909 bits per heavy atom. The second kappa shape index (κ2) is 7.17. The number of hydrogen-bond donors (Lipinski definition) is 0. The van der Waals surface area contributed by atoms with Crippen LogP contribution in [0.2, 0.25) is 0 Å². The number of rotatable bonds is 5. The Morgan fingerprint density at radius 3 is 2.36 bits per heavy atom. The third-order valence-electron chi connectivity index (χ3n) is 5.20. The lowest BCUT2D eigenvalue weighted by atomic mass is 9.77. The molecular formula is C21H28O. The SMILES string of the molecule is CCCOc1ccc2cc([C@H]3CC[C@H](CC)CC3)ccc2c1. The Kier molecular flexibility index (Phi) is 5.02. The molecule has 118 valence electrons. The lowest BCUT2D eigenvalue weighted by Gasteiger charge is -2.28. The summed E-state index contributed by atoms with van der Waals surface area (Å²) in [6.45, 7) is 5.27. The highest BCUT2D eigenvalue weighted by Crippen LogP contribution is 2.38.